The first-order valence-electron chi connectivity index (χ1n) is 15.4. The molecule has 1 saturated carbocycles. The lowest BCUT2D eigenvalue weighted by Gasteiger charge is -2.30. The van der Waals surface area contributed by atoms with E-state index in [2.05, 4.69) is 15.2 Å². The molecule has 16 nitrogen and oxygen atoms in total. The number of nitrogen functional groups attached to an aromatic ring is 1. The second-order valence-electron chi connectivity index (χ2n) is 11.6. The molecule has 256 valence electrons. The number of carbonyl (C=O) groups is 3. The average Bonchev–Trinajstić information content (AvgIpc) is 3.61. The summed E-state index contributed by atoms with van der Waals surface area (Å²) in [5, 5.41) is 17.4. The van der Waals surface area contributed by atoms with Gasteiger partial charge in [0.25, 0.3) is 0 Å². The van der Waals surface area contributed by atoms with Crippen LogP contribution in [0.5, 0.6) is 5.75 Å². The first kappa shape index (κ1) is 34.8. The van der Waals surface area contributed by atoms with Crippen LogP contribution in [-0.2, 0) is 42.4 Å². The van der Waals surface area contributed by atoms with Gasteiger partial charge in [-0.15, -0.1) is 0 Å². The standard InChI is InChI=1S/C31H37N6O10P/c1-19(30(40)45-22-10-6-4-7-11-22)36-48(41,47-23-12-8-5-9-13-23)42-17-31(16-32)28(44-21(3)39)27(43-20(2)38)26(46-31)24-14-15-25-29(33)34-18-35-37(24)25/h5,8-9,12-15,18-19,22,26-28H,4,6-7,10-11,17H2,1-3H3,(H,36,41)(H2,33,34,35)/t19-,26-,27-,28-,31+,48?/m0/s1. The van der Waals surface area contributed by atoms with E-state index < -0.39 is 62.2 Å². The predicted octanol–water partition coefficient (Wildman–Crippen LogP) is 3.57. The zero-order valence-corrected chi connectivity index (χ0v) is 27.5. The minimum Gasteiger partial charge on any atom is -0.461 e. The number of nitrogens with zero attached hydrogens (tertiary/aromatic N) is 4. The maximum Gasteiger partial charge on any atom is 0.459 e. The second kappa shape index (κ2) is 14.7. The lowest BCUT2D eigenvalue weighted by Crippen LogP contribution is -2.49. The van der Waals surface area contributed by atoms with Crippen molar-refractivity contribution in [2.45, 2.75) is 88.9 Å². The summed E-state index contributed by atoms with van der Waals surface area (Å²) in [4.78, 5) is 41.7. The summed E-state index contributed by atoms with van der Waals surface area (Å²) in [6.07, 6.45) is 1.10. The van der Waals surface area contributed by atoms with Gasteiger partial charge in [-0.1, -0.05) is 24.6 Å². The fraction of sp³-hybridized carbons (Fsp3) is 0.484. The summed E-state index contributed by atoms with van der Waals surface area (Å²) in [7, 11) is -4.52. The topological polar surface area (TPSA) is 216 Å². The Hall–Kier alpha value is -4.55. The highest BCUT2D eigenvalue weighted by atomic mass is 31.2. The molecule has 1 unspecified atom stereocenters. The molecular formula is C31H37N6O10P. The van der Waals surface area contributed by atoms with Crippen molar-refractivity contribution in [2.75, 3.05) is 12.3 Å². The van der Waals surface area contributed by atoms with Gasteiger partial charge in [0.15, 0.2) is 18.0 Å². The molecule has 3 aromatic rings. The van der Waals surface area contributed by atoms with E-state index in [9.17, 15) is 24.2 Å². The van der Waals surface area contributed by atoms with Crippen LogP contribution in [0.2, 0.25) is 0 Å². The van der Waals surface area contributed by atoms with E-state index in [1.807, 2.05) is 6.07 Å². The van der Waals surface area contributed by atoms with Crippen LogP contribution in [0, 0.1) is 11.3 Å². The van der Waals surface area contributed by atoms with Crippen molar-refractivity contribution >= 4 is 37.0 Å². The number of para-hydroxylation sites is 1. The molecule has 3 N–H and O–H groups in total. The van der Waals surface area contributed by atoms with E-state index in [0.717, 1.165) is 46.0 Å². The van der Waals surface area contributed by atoms with Crippen LogP contribution < -0.4 is 15.3 Å². The van der Waals surface area contributed by atoms with Gasteiger partial charge in [0.1, 0.15) is 48.5 Å². The van der Waals surface area contributed by atoms with Crippen LogP contribution in [0.15, 0.2) is 48.8 Å². The maximum absolute atomic E-state index is 14.4. The summed E-state index contributed by atoms with van der Waals surface area (Å²) in [6.45, 7) is 2.85. The van der Waals surface area contributed by atoms with Crippen molar-refractivity contribution in [1.29, 1.82) is 5.26 Å². The van der Waals surface area contributed by atoms with Crippen LogP contribution in [-0.4, -0.2) is 69.1 Å². The van der Waals surface area contributed by atoms with Crippen LogP contribution in [0.1, 0.15) is 64.7 Å². The van der Waals surface area contributed by atoms with Crippen molar-refractivity contribution in [3.05, 3.63) is 54.5 Å². The molecule has 6 atom stereocenters. The Balaban J connectivity index is 1.47. The Labute approximate surface area is 276 Å². The van der Waals surface area contributed by atoms with Crippen molar-refractivity contribution in [3.8, 4) is 11.8 Å². The molecule has 2 fully saturated rings. The third-order valence-corrected chi connectivity index (χ3v) is 9.56. The SMILES string of the molecule is CC(=O)O[C@H]1[C@H](c2ccc3c(N)ncnn23)O[C@](C#N)(COP(=O)(N[C@@H](C)C(=O)OC2CCCCC2)Oc2ccccc2)[C@H]1OC(C)=O. The molecule has 2 aromatic heterocycles. The summed E-state index contributed by atoms with van der Waals surface area (Å²) in [5.41, 5.74) is 4.46. The number of ether oxygens (including phenoxy) is 4. The van der Waals surface area contributed by atoms with Gasteiger partial charge in [0, 0.05) is 13.8 Å². The third kappa shape index (κ3) is 7.77. The van der Waals surface area contributed by atoms with Gasteiger partial charge in [-0.05, 0) is 56.9 Å². The highest BCUT2D eigenvalue weighted by Crippen LogP contribution is 2.50. The number of rotatable bonds is 12. The first-order valence-corrected chi connectivity index (χ1v) is 17.0. The molecule has 0 bridgehead atoms. The van der Waals surface area contributed by atoms with Crippen LogP contribution in [0.25, 0.3) is 5.52 Å². The molecule has 1 aromatic carbocycles. The summed E-state index contributed by atoms with van der Waals surface area (Å²) in [5.74, 6) is -1.98. The van der Waals surface area contributed by atoms with Gasteiger partial charge in [0.2, 0.25) is 5.60 Å². The maximum atomic E-state index is 14.4. The number of nitrogens with one attached hydrogen (secondary N) is 1. The molecule has 0 radical (unpaired) electrons. The van der Waals surface area contributed by atoms with Crippen LogP contribution in [0.3, 0.4) is 0 Å². The number of nitrogens with two attached hydrogens (primary N) is 1. The van der Waals surface area contributed by atoms with E-state index in [1.54, 1.807) is 30.3 Å². The minimum absolute atomic E-state index is 0.128. The molecule has 2 aliphatic rings. The zero-order chi connectivity index (χ0) is 34.5. The Morgan fingerprint density at radius 2 is 1.81 bits per heavy atom. The molecule has 3 heterocycles. The number of hydrogen-bond acceptors (Lipinski definition) is 14. The average molecular weight is 685 g/mol. The van der Waals surface area contributed by atoms with Gasteiger partial charge in [0.05, 0.1) is 5.69 Å². The fourth-order valence-electron chi connectivity index (χ4n) is 5.73. The Morgan fingerprint density at radius 3 is 2.48 bits per heavy atom. The van der Waals surface area contributed by atoms with Crippen molar-refractivity contribution in [2.24, 2.45) is 0 Å². The first-order chi connectivity index (χ1) is 22.9. The minimum atomic E-state index is -4.52. The molecule has 0 spiro atoms. The van der Waals surface area contributed by atoms with Gasteiger partial charge in [-0.25, -0.2) is 14.1 Å². The quantitative estimate of drug-likeness (QED) is 0.158. The van der Waals surface area contributed by atoms with E-state index in [4.69, 9.17) is 33.7 Å². The predicted molar refractivity (Wildman–Crippen MR) is 167 cm³/mol. The number of benzene rings is 1. The van der Waals surface area contributed by atoms with E-state index >= 15 is 0 Å². The molecule has 0 amide bonds. The summed E-state index contributed by atoms with van der Waals surface area (Å²) in [6, 6.07) is 12.0. The van der Waals surface area contributed by atoms with E-state index in [-0.39, 0.29) is 23.4 Å². The lowest BCUT2D eigenvalue weighted by molar-refractivity contribution is -0.166. The Bertz CT molecular complexity index is 1730. The molecule has 17 heteroatoms. The number of esters is 3. The number of fused-ring (bicyclic) bond motifs is 1. The number of hydrogen-bond donors (Lipinski definition) is 2. The number of nitriles is 1. The molecular weight excluding hydrogens is 647 g/mol. The van der Waals surface area contributed by atoms with Gasteiger partial charge in [-0.3, -0.25) is 18.9 Å². The summed E-state index contributed by atoms with van der Waals surface area (Å²) < 4.78 is 50.4. The van der Waals surface area contributed by atoms with Crippen molar-refractivity contribution in [1.82, 2.24) is 19.7 Å². The Kier molecular flexibility index (Phi) is 10.6. The highest BCUT2D eigenvalue weighted by molar-refractivity contribution is 7.52. The third-order valence-electron chi connectivity index (χ3n) is 7.94. The van der Waals surface area contributed by atoms with Gasteiger partial charge in [-0.2, -0.15) is 15.4 Å². The molecule has 48 heavy (non-hydrogen) atoms. The second-order valence-corrected chi connectivity index (χ2v) is 13.3. The zero-order valence-electron chi connectivity index (χ0n) is 26.6. The van der Waals surface area contributed by atoms with Crippen LogP contribution in [0.4, 0.5) is 5.82 Å². The normalized spacial score (nSPS) is 24.6. The summed E-state index contributed by atoms with van der Waals surface area (Å²) >= 11 is 0. The van der Waals surface area contributed by atoms with Crippen LogP contribution >= 0.6 is 7.75 Å². The lowest BCUT2D eigenvalue weighted by atomic mass is 9.95. The number of carbonyl (C=O) groups excluding carboxylic acids is 3. The van der Waals surface area contributed by atoms with Gasteiger partial charge < -0.3 is 29.2 Å². The fourth-order valence-corrected chi connectivity index (χ4v) is 7.25. The molecule has 1 aliphatic carbocycles. The largest absolute Gasteiger partial charge is 0.461 e. The monoisotopic (exact) mass is 684 g/mol. The van der Waals surface area contributed by atoms with Crippen molar-refractivity contribution < 1.29 is 46.9 Å². The number of anilines is 1. The highest BCUT2D eigenvalue weighted by Gasteiger charge is 2.62. The molecule has 1 saturated heterocycles. The Morgan fingerprint density at radius 1 is 1.10 bits per heavy atom. The number of aromatic nitrogens is 3. The molecule has 1 aliphatic heterocycles. The molecule has 5 rings (SSSR count). The smallest absolute Gasteiger partial charge is 0.459 e. The van der Waals surface area contributed by atoms with E-state index in [1.165, 1.54) is 29.9 Å². The van der Waals surface area contributed by atoms with Gasteiger partial charge >= 0.3 is 25.7 Å². The van der Waals surface area contributed by atoms with E-state index in [0.29, 0.717) is 5.52 Å². The van der Waals surface area contributed by atoms with Crippen molar-refractivity contribution in [3.63, 3.8) is 0 Å².